The molecule has 1 aromatic rings. The summed E-state index contributed by atoms with van der Waals surface area (Å²) in [6.07, 6.45) is 7.73. The van der Waals surface area contributed by atoms with Gasteiger partial charge in [-0.2, -0.15) is 0 Å². The molecule has 38 heavy (non-hydrogen) atoms. The molecule has 9 heteroatoms. The van der Waals surface area contributed by atoms with Crippen molar-refractivity contribution in [3.8, 4) is 0 Å². The number of likely N-dealkylation sites (tertiary alicyclic amines) is 1. The van der Waals surface area contributed by atoms with Gasteiger partial charge in [0.05, 0.1) is 27.3 Å². The second-order valence-corrected chi connectivity index (χ2v) is 12.3. The van der Waals surface area contributed by atoms with Crippen LogP contribution in [0.3, 0.4) is 0 Å². The number of carbonyl (C=O) groups excluding carboxylic acids is 3. The van der Waals surface area contributed by atoms with Gasteiger partial charge in [-0.1, -0.05) is 55.3 Å². The van der Waals surface area contributed by atoms with Crippen molar-refractivity contribution in [3.05, 3.63) is 54.1 Å². The van der Waals surface area contributed by atoms with Gasteiger partial charge in [0.2, 0.25) is 5.91 Å². The summed E-state index contributed by atoms with van der Waals surface area (Å²) in [5.74, 6) is -1.90. The predicted octanol–water partition coefficient (Wildman–Crippen LogP) is 4.54. The van der Waals surface area contributed by atoms with Gasteiger partial charge in [0.15, 0.2) is 0 Å². The Morgan fingerprint density at radius 2 is 2.03 bits per heavy atom. The van der Waals surface area contributed by atoms with E-state index in [0.29, 0.717) is 36.5 Å². The zero-order valence-electron chi connectivity index (χ0n) is 21.9. The van der Waals surface area contributed by atoms with Gasteiger partial charge in [-0.05, 0) is 44.2 Å². The summed E-state index contributed by atoms with van der Waals surface area (Å²) in [6, 6.07) is 4.79. The van der Waals surface area contributed by atoms with Gasteiger partial charge in [-0.15, -0.1) is 18.3 Å². The van der Waals surface area contributed by atoms with Gasteiger partial charge in [0.1, 0.15) is 12.6 Å². The number of nitrogens with zero attached hydrogens (tertiary/aromatic N) is 2. The third kappa shape index (κ3) is 5.03. The molecule has 2 unspecified atom stereocenters. The summed E-state index contributed by atoms with van der Waals surface area (Å²) < 4.78 is 4.74. The van der Waals surface area contributed by atoms with Crippen LogP contribution >= 0.6 is 23.4 Å². The molecule has 4 rings (SSSR count). The van der Waals surface area contributed by atoms with Crippen molar-refractivity contribution in [3.63, 3.8) is 0 Å². The minimum absolute atomic E-state index is 0.0572. The molecule has 2 amide bonds. The lowest BCUT2D eigenvalue weighted by Gasteiger charge is -2.37. The van der Waals surface area contributed by atoms with Crippen molar-refractivity contribution in [2.45, 2.75) is 61.5 Å². The fourth-order valence-corrected chi connectivity index (χ4v) is 8.98. The molecule has 1 N–H and O–H groups in total. The zero-order chi connectivity index (χ0) is 27.4. The normalized spacial score (nSPS) is 27.3. The number of halogens is 1. The first-order valence-corrected chi connectivity index (χ1v) is 14.6. The number of aliphatic hydroxyl groups is 1. The summed E-state index contributed by atoms with van der Waals surface area (Å²) in [5.41, 5.74) is 1.48. The summed E-state index contributed by atoms with van der Waals surface area (Å²) >= 11 is 8.23. The minimum atomic E-state index is -0.722. The van der Waals surface area contributed by atoms with Crippen molar-refractivity contribution >= 4 is 46.8 Å². The van der Waals surface area contributed by atoms with Gasteiger partial charge in [-0.3, -0.25) is 14.4 Å². The van der Waals surface area contributed by atoms with E-state index in [-0.39, 0.29) is 42.8 Å². The topological polar surface area (TPSA) is 87.1 Å². The molecular weight excluding hydrogens is 524 g/mol. The van der Waals surface area contributed by atoms with Crippen LogP contribution in [0.4, 0.5) is 5.69 Å². The van der Waals surface area contributed by atoms with E-state index in [4.69, 9.17) is 21.4 Å². The molecule has 0 aliphatic carbocycles. The highest BCUT2D eigenvalue weighted by Gasteiger charge is 2.74. The first-order valence-electron chi connectivity index (χ1n) is 13.4. The lowest BCUT2D eigenvalue weighted by atomic mass is 9.71. The number of aryl methyl sites for hydroxylation is 1. The Morgan fingerprint density at radius 3 is 2.71 bits per heavy atom. The fourth-order valence-electron chi connectivity index (χ4n) is 6.46. The second-order valence-electron chi connectivity index (χ2n) is 10.3. The van der Waals surface area contributed by atoms with Crippen LogP contribution in [0, 0.1) is 18.8 Å². The highest BCUT2D eigenvalue weighted by molar-refractivity contribution is 8.02. The molecule has 7 nitrogen and oxygen atoms in total. The minimum Gasteiger partial charge on any atom is -0.461 e. The summed E-state index contributed by atoms with van der Waals surface area (Å²) in [6.45, 7) is 10.3. The number of anilines is 1. The molecule has 3 heterocycles. The average molecular weight is 561 g/mol. The Hall–Kier alpha value is -2.29. The number of aliphatic hydroxyl groups excluding tert-OH is 1. The number of thioether (sulfide) groups is 1. The van der Waals surface area contributed by atoms with E-state index in [9.17, 15) is 14.4 Å². The van der Waals surface area contributed by atoms with Gasteiger partial charge in [0.25, 0.3) is 5.91 Å². The van der Waals surface area contributed by atoms with Crippen molar-refractivity contribution in [1.29, 1.82) is 0 Å². The van der Waals surface area contributed by atoms with E-state index in [0.717, 1.165) is 24.8 Å². The molecule has 3 fully saturated rings. The van der Waals surface area contributed by atoms with E-state index in [1.807, 2.05) is 19.1 Å². The van der Waals surface area contributed by atoms with Crippen LogP contribution in [0.2, 0.25) is 5.02 Å². The van der Waals surface area contributed by atoms with E-state index < -0.39 is 22.6 Å². The number of rotatable bonds is 13. The largest absolute Gasteiger partial charge is 0.461 e. The maximum atomic E-state index is 14.6. The van der Waals surface area contributed by atoms with Gasteiger partial charge < -0.3 is 19.6 Å². The number of fused-ring (bicyclic) bond motifs is 1. The maximum absolute atomic E-state index is 14.6. The first kappa shape index (κ1) is 28.7. The van der Waals surface area contributed by atoms with Crippen molar-refractivity contribution in [2.24, 2.45) is 11.8 Å². The molecule has 0 aromatic heterocycles. The lowest BCUT2D eigenvalue weighted by molar-refractivity contribution is -0.153. The third-order valence-electron chi connectivity index (χ3n) is 7.99. The summed E-state index contributed by atoms with van der Waals surface area (Å²) in [4.78, 5) is 45.1. The molecule has 2 bridgehead atoms. The molecule has 206 valence electrons. The van der Waals surface area contributed by atoms with Gasteiger partial charge >= 0.3 is 5.97 Å². The van der Waals surface area contributed by atoms with Crippen molar-refractivity contribution < 1.29 is 24.2 Å². The van der Waals surface area contributed by atoms with E-state index in [1.54, 1.807) is 33.7 Å². The molecule has 0 radical (unpaired) electrons. The van der Waals surface area contributed by atoms with Crippen LogP contribution in [0.5, 0.6) is 0 Å². The first-order chi connectivity index (χ1) is 18.3. The number of hydrogen-bond donors (Lipinski definition) is 1. The zero-order valence-corrected chi connectivity index (χ0v) is 23.5. The maximum Gasteiger partial charge on any atom is 0.311 e. The third-order valence-corrected chi connectivity index (χ3v) is 10.2. The predicted molar refractivity (Wildman–Crippen MR) is 151 cm³/mol. The van der Waals surface area contributed by atoms with E-state index in [1.165, 1.54) is 6.08 Å². The quantitative estimate of drug-likeness (QED) is 0.216. The monoisotopic (exact) mass is 560 g/mol. The number of para-hydroxylation sites is 1. The SMILES string of the molecule is C=CCOC(=O)[C@@H]1[C@H]2C(=O)N(CCCCCCO)C(C(=O)N(CC=C)c3c(C)cccc3Cl)C23CC[C@H]1S3. The molecule has 5 atom stereocenters. The van der Waals surface area contributed by atoms with Gasteiger partial charge in [0, 0.05) is 24.9 Å². The Kier molecular flexibility index (Phi) is 9.27. The van der Waals surface area contributed by atoms with Crippen LogP contribution in [-0.2, 0) is 19.1 Å². The second kappa shape index (κ2) is 12.3. The van der Waals surface area contributed by atoms with Gasteiger partial charge in [-0.25, -0.2) is 0 Å². The average Bonchev–Trinajstić information content (AvgIpc) is 3.53. The van der Waals surface area contributed by atoms with E-state index in [2.05, 4.69) is 13.2 Å². The molecular formula is C29H37ClN2O5S. The number of esters is 1. The highest BCUT2D eigenvalue weighted by atomic mass is 35.5. The van der Waals surface area contributed by atoms with Crippen LogP contribution in [0.15, 0.2) is 43.5 Å². The Morgan fingerprint density at radius 1 is 1.26 bits per heavy atom. The molecule has 3 aliphatic heterocycles. The van der Waals surface area contributed by atoms with E-state index >= 15 is 0 Å². The van der Waals surface area contributed by atoms with Crippen molar-refractivity contribution in [2.75, 3.05) is 31.2 Å². The standard InChI is InChI=1S/C29H37ClN2O5S/c1-4-15-31(24-19(3)11-10-12-20(24)30)27(35)25-29-14-13-21(38-29)22(28(36)37-18-5-2)23(29)26(34)32(25)16-8-6-7-9-17-33/h4-5,10-12,21-23,25,33H,1-2,6-9,13-18H2,3H3/t21-,22+,23+,25?,29?/m1/s1. The molecule has 1 aromatic carbocycles. The smallest absolute Gasteiger partial charge is 0.311 e. The number of amides is 2. The molecule has 3 aliphatic rings. The van der Waals surface area contributed by atoms with Crippen LogP contribution in [-0.4, -0.2) is 70.1 Å². The number of hydrogen-bond acceptors (Lipinski definition) is 6. The highest BCUT2D eigenvalue weighted by Crippen LogP contribution is 2.66. The number of carbonyl (C=O) groups is 3. The number of ether oxygens (including phenoxy) is 1. The molecule has 0 saturated carbocycles. The summed E-state index contributed by atoms with van der Waals surface area (Å²) in [5, 5.41) is 9.54. The summed E-state index contributed by atoms with van der Waals surface area (Å²) in [7, 11) is 0. The Bertz CT molecular complexity index is 1080. The number of unbranched alkanes of at least 4 members (excludes halogenated alkanes) is 3. The number of benzene rings is 1. The van der Waals surface area contributed by atoms with Crippen LogP contribution in [0.25, 0.3) is 0 Å². The molecule has 3 saturated heterocycles. The fraction of sp³-hybridized carbons (Fsp3) is 0.552. The Balaban J connectivity index is 1.73. The van der Waals surface area contributed by atoms with Crippen molar-refractivity contribution in [1.82, 2.24) is 4.90 Å². The van der Waals surface area contributed by atoms with Crippen LogP contribution < -0.4 is 4.90 Å². The van der Waals surface area contributed by atoms with Crippen LogP contribution in [0.1, 0.15) is 44.1 Å². The Labute approximate surface area is 234 Å². The lowest BCUT2D eigenvalue weighted by Crippen LogP contribution is -2.55. The molecule has 1 spiro atoms.